The predicted octanol–water partition coefficient (Wildman–Crippen LogP) is 1.88. The third-order valence-corrected chi connectivity index (χ3v) is 5.36. The number of rotatable bonds is 12. The first kappa shape index (κ1) is 24.9. The Hall–Kier alpha value is -2.32. The van der Waals surface area contributed by atoms with Crippen molar-refractivity contribution in [3.8, 4) is 5.75 Å². The maximum absolute atomic E-state index is 12.0. The predicted molar refractivity (Wildman–Crippen MR) is 125 cm³/mol. The molecule has 0 saturated carbocycles. The zero-order chi connectivity index (χ0) is 22.5. The van der Waals surface area contributed by atoms with Crippen molar-refractivity contribution in [3.63, 3.8) is 0 Å². The number of likely N-dealkylation sites (tertiary alicyclic amines) is 1. The van der Waals surface area contributed by atoms with E-state index >= 15 is 0 Å². The minimum Gasteiger partial charge on any atom is -0.497 e. The smallest absolute Gasteiger partial charge is 0.243 e. The molecule has 1 unspecified atom stereocenters. The van der Waals surface area contributed by atoms with Gasteiger partial charge in [0.05, 0.1) is 13.2 Å². The Morgan fingerprint density at radius 3 is 2.71 bits per heavy atom. The molecule has 1 saturated heterocycles. The highest BCUT2D eigenvalue weighted by molar-refractivity contribution is 5.84. The summed E-state index contributed by atoms with van der Waals surface area (Å²) < 4.78 is 10.8. The lowest BCUT2D eigenvalue weighted by Gasteiger charge is -2.29. The molecule has 8 nitrogen and oxygen atoms in total. The zero-order valence-electron chi connectivity index (χ0n) is 19.5. The van der Waals surface area contributed by atoms with Gasteiger partial charge in [-0.3, -0.25) is 9.69 Å². The van der Waals surface area contributed by atoms with E-state index in [2.05, 4.69) is 32.7 Å². The van der Waals surface area contributed by atoms with Crippen molar-refractivity contribution in [3.05, 3.63) is 29.8 Å². The number of nitrogens with zero attached hydrogens (tertiary/aromatic N) is 3. The second kappa shape index (κ2) is 13.9. The van der Waals surface area contributed by atoms with E-state index in [9.17, 15) is 4.79 Å². The SMILES string of the molecule is CCOCCCNC(=NCC(=O)N(C)C)NCC(c1cccc(OC)c1)N1CCCC1. The quantitative estimate of drug-likeness (QED) is 0.298. The number of guanidine groups is 1. The molecule has 2 rings (SSSR count). The first-order valence-electron chi connectivity index (χ1n) is 11.2. The third-order valence-electron chi connectivity index (χ3n) is 5.36. The standard InChI is InChI=1S/C23H39N5O3/c1-5-31-15-9-12-24-23(26-18-22(29)27(2)3)25-17-21(28-13-6-7-14-28)19-10-8-11-20(16-19)30-4/h8,10-11,16,21H,5-7,9,12-15,17-18H2,1-4H3,(H2,24,25,26). The number of hydrogen-bond acceptors (Lipinski definition) is 5. The fourth-order valence-electron chi connectivity index (χ4n) is 3.54. The topological polar surface area (TPSA) is 78.4 Å². The fraction of sp³-hybridized carbons (Fsp3) is 0.652. The van der Waals surface area contributed by atoms with Gasteiger partial charge < -0.3 is 25.0 Å². The summed E-state index contributed by atoms with van der Waals surface area (Å²) in [6, 6.07) is 8.46. The van der Waals surface area contributed by atoms with Gasteiger partial charge in [-0.05, 0) is 57.0 Å². The molecule has 0 bridgehead atoms. The van der Waals surface area contributed by atoms with Crippen LogP contribution >= 0.6 is 0 Å². The van der Waals surface area contributed by atoms with Gasteiger partial charge in [-0.1, -0.05) is 12.1 Å². The van der Waals surface area contributed by atoms with Crippen LogP contribution in [0.3, 0.4) is 0 Å². The van der Waals surface area contributed by atoms with Crippen LogP contribution in [-0.2, 0) is 9.53 Å². The van der Waals surface area contributed by atoms with E-state index in [1.54, 1.807) is 26.1 Å². The maximum atomic E-state index is 12.0. The number of amides is 1. The van der Waals surface area contributed by atoms with E-state index in [-0.39, 0.29) is 18.5 Å². The molecule has 0 aliphatic carbocycles. The van der Waals surface area contributed by atoms with Crippen molar-refractivity contribution in [1.82, 2.24) is 20.4 Å². The summed E-state index contributed by atoms with van der Waals surface area (Å²) in [6.07, 6.45) is 3.31. The molecule has 2 N–H and O–H groups in total. The van der Waals surface area contributed by atoms with E-state index in [1.165, 1.54) is 18.4 Å². The summed E-state index contributed by atoms with van der Waals surface area (Å²) >= 11 is 0. The van der Waals surface area contributed by atoms with Crippen molar-refractivity contribution in [2.75, 3.05) is 67.1 Å². The summed E-state index contributed by atoms with van der Waals surface area (Å²) in [4.78, 5) is 20.6. The number of carbonyl (C=O) groups is 1. The first-order valence-corrected chi connectivity index (χ1v) is 11.2. The maximum Gasteiger partial charge on any atom is 0.243 e. The molecule has 0 spiro atoms. The van der Waals surface area contributed by atoms with Gasteiger partial charge in [-0.25, -0.2) is 4.99 Å². The average Bonchev–Trinajstić information content (AvgIpc) is 3.31. The minimum atomic E-state index is -0.0284. The van der Waals surface area contributed by atoms with E-state index in [4.69, 9.17) is 9.47 Å². The number of hydrogen-bond donors (Lipinski definition) is 2. The lowest BCUT2D eigenvalue weighted by molar-refractivity contribution is -0.127. The van der Waals surface area contributed by atoms with Crippen LogP contribution in [0.5, 0.6) is 5.75 Å². The summed E-state index contributed by atoms with van der Waals surface area (Å²) in [5.74, 6) is 1.49. The van der Waals surface area contributed by atoms with Gasteiger partial charge in [0.2, 0.25) is 5.91 Å². The monoisotopic (exact) mass is 433 g/mol. The summed E-state index contributed by atoms with van der Waals surface area (Å²) in [7, 11) is 5.18. The number of carbonyl (C=O) groups excluding carboxylic acids is 1. The van der Waals surface area contributed by atoms with Crippen molar-refractivity contribution < 1.29 is 14.3 Å². The molecule has 1 heterocycles. The van der Waals surface area contributed by atoms with Gasteiger partial charge in [0.25, 0.3) is 0 Å². The van der Waals surface area contributed by atoms with Crippen LogP contribution in [0.1, 0.15) is 37.8 Å². The van der Waals surface area contributed by atoms with Crippen LogP contribution in [0.4, 0.5) is 0 Å². The molecule has 0 radical (unpaired) electrons. The van der Waals surface area contributed by atoms with Crippen LogP contribution < -0.4 is 15.4 Å². The highest BCUT2D eigenvalue weighted by atomic mass is 16.5. The van der Waals surface area contributed by atoms with Gasteiger partial charge in [-0.15, -0.1) is 0 Å². The molecule has 1 aromatic carbocycles. The molecule has 1 aliphatic heterocycles. The van der Waals surface area contributed by atoms with E-state index in [0.717, 1.165) is 31.8 Å². The number of aliphatic imine (C=N–C) groups is 1. The minimum absolute atomic E-state index is 0.0284. The van der Waals surface area contributed by atoms with Gasteiger partial charge in [0.1, 0.15) is 12.3 Å². The van der Waals surface area contributed by atoms with E-state index < -0.39 is 0 Å². The highest BCUT2D eigenvalue weighted by Gasteiger charge is 2.24. The lowest BCUT2D eigenvalue weighted by Crippen LogP contribution is -2.43. The fourth-order valence-corrected chi connectivity index (χ4v) is 3.54. The number of nitrogens with one attached hydrogen (secondary N) is 2. The molecule has 0 aromatic heterocycles. The van der Waals surface area contributed by atoms with Crippen molar-refractivity contribution in [2.24, 2.45) is 4.99 Å². The Kier molecular flexibility index (Phi) is 11.2. The van der Waals surface area contributed by atoms with Crippen LogP contribution in [0.25, 0.3) is 0 Å². The normalized spacial score (nSPS) is 15.5. The second-order valence-corrected chi connectivity index (χ2v) is 7.85. The molecule has 1 aromatic rings. The van der Waals surface area contributed by atoms with Gasteiger partial charge in [0, 0.05) is 40.4 Å². The Labute approximate surface area is 187 Å². The van der Waals surface area contributed by atoms with Gasteiger partial charge in [-0.2, -0.15) is 0 Å². The third kappa shape index (κ3) is 8.75. The molecule has 8 heteroatoms. The van der Waals surface area contributed by atoms with Crippen LogP contribution in [0, 0.1) is 0 Å². The zero-order valence-corrected chi connectivity index (χ0v) is 19.5. The first-order chi connectivity index (χ1) is 15.0. The van der Waals surface area contributed by atoms with Crippen molar-refractivity contribution in [2.45, 2.75) is 32.2 Å². The molecule has 1 atom stereocenters. The molecule has 1 aliphatic rings. The number of ether oxygens (including phenoxy) is 2. The highest BCUT2D eigenvalue weighted by Crippen LogP contribution is 2.27. The Morgan fingerprint density at radius 1 is 1.26 bits per heavy atom. The number of methoxy groups -OCH3 is 1. The van der Waals surface area contributed by atoms with Crippen LogP contribution in [0.2, 0.25) is 0 Å². The summed E-state index contributed by atoms with van der Waals surface area (Å²) in [6.45, 7) is 7.11. The Morgan fingerprint density at radius 2 is 2.03 bits per heavy atom. The molecular formula is C23H39N5O3. The summed E-state index contributed by atoms with van der Waals surface area (Å²) in [5, 5.41) is 6.80. The summed E-state index contributed by atoms with van der Waals surface area (Å²) in [5.41, 5.74) is 1.22. The average molecular weight is 434 g/mol. The molecular weight excluding hydrogens is 394 g/mol. The van der Waals surface area contributed by atoms with Crippen molar-refractivity contribution >= 4 is 11.9 Å². The molecule has 1 fully saturated rings. The van der Waals surface area contributed by atoms with Gasteiger partial charge >= 0.3 is 0 Å². The Balaban J connectivity index is 2.07. The largest absolute Gasteiger partial charge is 0.497 e. The number of benzene rings is 1. The molecule has 31 heavy (non-hydrogen) atoms. The lowest BCUT2D eigenvalue weighted by atomic mass is 10.1. The van der Waals surface area contributed by atoms with Crippen molar-refractivity contribution in [1.29, 1.82) is 0 Å². The van der Waals surface area contributed by atoms with Crippen LogP contribution in [0.15, 0.2) is 29.3 Å². The number of likely N-dealkylation sites (N-methyl/N-ethyl adjacent to an activating group) is 1. The Bertz CT molecular complexity index is 690. The van der Waals surface area contributed by atoms with E-state index in [1.807, 2.05) is 19.1 Å². The molecule has 1 amide bonds. The van der Waals surface area contributed by atoms with E-state index in [0.29, 0.717) is 25.7 Å². The van der Waals surface area contributed by atoms with Gasteiger partial charge in [0.15, 0.2) is 5.96 Å². The second-order valence-electron chi connectivity index (χ2n) is 7.85. The van der Waals surface area contributed by atoms with Crippen LogP contribution in [-0.4, -0.2) is 88.8 Å². The molecule has 174 valence electrons.